The third-order valence-electron chi connectivity index (χ3n) is 7.81. The second-order valence-electron chi connectivity index (χ2n) is 11.0. The molecule has 0 aromatic heterocycles. The summed E-state index contributed by atoms with van der Waals surface area (Å²) < 4.78 is 0. The van der Waals surface area contributed by atoms with Crippen molar-refractivity contribution in [3.63, 3.8) is 0 Å². The van der Waals surface area contributed by atoms with Gasteiger partial charge >= 0.3 is 0 Å². The maximum Gasteiger partial charge on any atom is -0.00228 e. The predicted molar refractivity (Wildman–Crippen MR) is 114 cm³/mol. The lowest BCUT2D eigenvalue weighted by Crippen LogP contribution is -2.48. The smallest absolute Gasteiger partial charge is 0.00228 e. The molecule has 0 unspecified atom stereocenters. The fourth-order valence-corrected chi connectivity index (χ4v) is 7.04. The average Bonchev–Trinajstić information content (AvgIpc) is 2.61. The minimum absolute atomic E-state index is 0.197. The molecule has 0 atom stereocenters. The van der Waals surface area contributed by atoms with Crippen molar-refractivity contribution in [2.45, 2.75) is 76.5 Å². The summed E-state index contributed by atoms with van der Waals surface area (Å²) in [6.07, 6.45) is 10.0. The highest BCUT2D eigenvalue weighted by Crippen LogP contribution is 2.61. The molecule has 4 aliphatic rings. The zero-order valence-corrected chi connectivity index (χ0v) is 17.3. The Bertz CT molecular complexity index is 786. The number of rotatable bonds is 3. The Morgan fingerprint density at radius 2 is 1.41 bits per heavy atom. The first-order valence-corrected chi connectivity index (χ1v) is 11.1. The molecule has 0 heteroatoms. The van der Waals surface area contributed by atoms with E-state index < -0.39 is 0 Å². The minimum Gasteiger partial charge on any atom is -0.0622 e. The molecule has 4 saturated carbocycles. The number of benzene rings is 2. The van der Waals surface area contributed by atoms with Crippen LogP contribution in [-0.2, 0) is 17.3 Å². The maximum absolute atomic E-state index is 2.63. The van der Waals surface area contributed by atoms with Crippen LogP contribution in [0.4, 0.5) is 0 Å². The summed E-state index contributed by atoms with van der Waals surface area (Å²) in [5.41, 5.74) is 6.87. The van der Waals surface area contributed by atoms with Gasteiger partial charge in [0.2, 0.25) is 0 Å². The van der Waals surface area contributed by atoms with Gasteiger partial charge in [0.25, 0.3) is 0 Å². The predicted octanol–water partition coefficient (Wildman–Crippen LogP) is 7.04. The molecule has 0 heterocycles. The second kappa shape index (κ2) is 6.23. The summed E-state index contributed by atoms with van der Waals surface area (Å²) in [4.78, 5) is 0. The van der Waals surface area contributed by atoms with Gasteiger partial charge in [-0.05, 0) is 95.8 Å². The van der Waals surface area contributed by atoms with E-state index in [9.17, 15) is 0 Å². The van der Waals surface area contributed by atoms with Crippen LogP contribution in [-0.4, -0.2) is 0 Å². The monoisotopic (exact) mass is 358 g/mol. The van der Waals surface area contributed by atoms with Gasteiger partial charge in [0.15, 0.2) is 0 Å². The maximum atomic E-state index is 2.63. The summed E-state index contributed by atoms with van der Waals surface area (Å²) in [6, 6.07) is 18.6. The normalized spacial score (nSPS) is 32.0. The molecule has 4 fully saturated rings. The fraction of sp³-hybridized carbons (Fsp3) is 0.556. The van der Waals surface area contributed by atoms with Crippen LogP contribution in [0, 0.1) is 17.8 Å². The first-order valence-electron chi connectivity index (χ1n) is 11.1. The quantitative estimate of drug-likeness (QED) is 0.552. The van der Waals surface area contributed by atoms with Gasteiger partial charge in [-0.15, -0.1) is 0 Å². The van der Waals surface area contributed by atoms with Crippen molar-refractivity contribution in [3.8, 4) is 0 Å². The van der Waals surface area contributed by atoms with Crippen molar-refractivity contribution in [1.82, 2.24) is 0 Å². The Balaban J connectivity index is 1.53. The van der Waals surface area contributed by atoms with E-state index in [0.717, 1.165) is 24.2 Å². The third-order valence-corrected chi connectivity index (χ3v) is 7.81. The Morgan fingerprint density at radius 1 is 0.815 bits per heavy atom. The molecular formula is C27H34. The molecule has 0 N–H and O–H groups in total. The molecular weight excluding hydrogens is 324 g/mol. The van der Waals surface area contributed by atoms with E-state index in [1.165, 1.54) is 49.7 Å². The summed E-state index contributed by atoms with van der Waals surface area (Å²) >= 11 is 0. The molecule has 0 spiro atoms. The largest absolute Gasteiger partial charge is 0.0622 e. The molecule has 2 aromatic rings. The lowest BCUT2D eigenvalue weighted by Gasteiger charge is -2.57. The molecule has 142 valence electrons. The molecule has 0 saturated heterocycles. The zero-order chi connectivity index (χ0) is 18.6. The average molecular weight is 359 g/mol. The molecule has 4 aliphatic carbocycles. The molecule has 4 bridgehead atoms. The molecule has 0 radical (unpaired) electrons. The van der Waals surface area contributed by atoms with Crippen LogP contribution in [0.3, 0.4) is 0 Å². The van der Waals surface area contributed by atoms with Crippen LogP contribution >= 0.6 is 0 Å². The third kappa shape index (κ3) is 3.16. The standard InChI is InChI=1S/C27H34/c1-26(2,3)25-15-24(10-9-23(25)14-19-7-5-4-6-8-19)27-16-20-11-21(17-27)13-22(12-20)18-27/h4-10,15,20-22H,11-14,16-18H2,1-3H3. The van der Waals surface area contributed by atoms with Crippen LogP contribution in [0.1, 0.15) is 81.5 Å². The topological polar surface area (TPSA) is 0 Å². The molecule has 0 aliphatic heterocycles. The summed E-state index contributed by atoms with van der Waals surface area (Å²) in [7, 11) is 0. The van der Waals surface area contributed by atoms with E-state index in [1.54, 1.807) is 11.1 Å². The molecule has 6 rings (SSSR count). The van der Waals surface area contributed by atoms with Crippen LogP contribution in [0.25, 0.3) is 0 Å². The Morgan fingerprint density at radius 3 is 1.96 bits per heavy atom. The lowest BCUT2D eigenvalue weighted by molar-refractivity contribution is -0.00524. The Kier molecular flexibility index (Phi) is 4.04. The van der Waals surface area contributed by atoms with E-state index in [4.69, 9.17) is 0 Å². The summed E-state index contributed by atoms with van der Waals surface area (Å²) in [5, 5.41) is 0. The lowest BCUT2D eigenvalue weighted by atomic mass is 9.48. The Labute approximate surface area is 165 Å². The minimum atomic E-state index is 0.197. The van der Waals surface area contributed by atoms with Gasteiger partial charge < -0.3 is 0 Å². The van der Waals surface area contributed by atoms with E-state index in [1.807, 2.05) is 0 Å². The van der Waals surface area contributed by atoms with E-state index in [-0.39, 0.29) is 5.41 Å². The van der Waals surface area contributed by atoms with Crippen LogP contribution in [0.5, 0.6) is 0 Å². The van der Waals surface area contributed by atoms with Gasteiger partial charge in [-0.25, -0.2) is 0 Å². The van der Waals surface area contributed by atoms with Crippen molar-refractivity contribution < 1.29 is 0 Å². The highest BCUT2D eigenvalue weighted by Gasteiger charge is 2.51. The van der Waals surface area contributed by atoms with E-state index in [2.05, 4.69) is 69.3 Å². The second-order valence-corrected chi connectivity index (χ2v) is 11.0. The van der Waals surface area contributed by atoms with Crippen molar-refractivity contribution in [2.24, 2.45) is 17.8 Å². The van der Waals surface area contributed by atoms with Crippen LogP contribution < -0.4 is 0 Å². The van der Waals surface area contributed by atoms with Gasteiger partial charge in [0.05, 0.1) is 0 Å². The van der Waals surface area contributed by atoms with Crippen LogP contribution in [0.15, 0.2) is 48.5 Å². The first-order chi connectivity index (χ1) is 12.9. The molecule has 0 nitrogen and oxygen atoms in total. The summed E-state index contributed by atoms with van der Waals surface area (Å²) in [6.45, 7) is 7.17. The summed E-state index contributed by atoms with van der Waals surface area (Å²) in [5.74, 6) is 3.04. The van der Waals surface area contributed by atoms with E-state index >= 15 is 0 Å². The molecule has 2 aromatic carbocycles. The zero-order valence-electron chi connectivity index (χ0n) is 17.3. The van der Waals surface area contributed by atoms with Gasteiger partial charge in [-0.2, -0.15) is 0 Å². The Hall–Kier alpha value is -1.56. The highest BCUT2D eigenvalue weighted by atomic mass is 14.6. The van der Waals surface area contributed by atoms with Gasteiger partial charge in [0, 0.05) is 0 Å². The SMILES string of the molecule is CC(C)(C)c1cc(C23CC4CC(CC(C4)C2)C3)ccc1Cc1ccccc1. The van der Waals surface area contributed by atoms with Gasteiger partial charge in [0.1, 0.15) is 0 Å². The van der Waals surface area contributed by atoms with Gasteiger partial charge in [-0.1, -0.05) is 69.3 Å². The number of hydrogen-bond acceptors (Lipinski definition) is 0. The van der Waals surface area contributed by atoms with Crippen molar-refractivity contribution in [2.75, 3.05) is 0 Å². The first kappa shape index (κ1) is 17.5. The van der Waals surface area contributed by atoms with Crippen LogP contribution in [0.2, 0.25) is 0 Å². The van der Waals surface area contributed by atoms with Crippen molar-refractivity contribution in [1.29, 1.82) is 0 Å². The fourth-order valence-electron chi connectivity index (χ4n) is 7.04. The highest BCUT2D eigenvalue weighted by molar-refractivity contribution is 5.43. The molecule has 27 heavy (non-hydrogen) atoms. The van der Waals surface area contributed by atoms with Crippen molar-refractivity contribution in [3.05, 3.63) is 70.8 Å². The van der Waals surface area contributed by atoms with E-state index in [0.29, 0.717) is 5.41 Å². The van der Waals surface area contributed by atoms with Gasteiger partial charge in [-0.3, -0.25) is 0 Å². The van der Waals surface area contributed by atoms with Crippen molar-refractivity contribution >= 4 is 0 Å². The number of hydrogen-bond donors (Lipinski definition) is 0. The molecule has 0 amide bonds.